The van der Waals surface area contributed by atoms with Gasteiger partial charge in [0.05, 0.1) is 11.6 Å². The Balaban J connectivity index is 0. The van der Waals surface area contributed by atoms with E-state index in [1.54, 1.807) is 7.05 Å². The summed E-state index contributed by atoms with van der Waals surface area (Å²) in [6, 6.07) is 2.21. The van der Waals surface area contributed by atoms with Crippen molar-refractivity contribution in [2.24, 2.45) is 4.99 Å². The van der Waals surface area contributed by atoms with Crippen molar-refractivity contribution < 1.29 is 0 Å². The number of aliphatic imine (C=N–C) groups is 1. The molecule has 0 fully saturated rings. The van der Waals surface area contributed by atoms with E-state index in [9.17, 15) is 0 Å². The zero-order chi connectivity index (χ0) is 13.8. The van der Waals surface area contributed by atoms with Crippen LogP contribution in [-0.4, -0.2) is 12.8 Å². The predicted octanol–water partition coefficient (Wildman–Crippen LogP) is 4.69. The molecular weight excluding hydrogens is 208 g/mol. The number of hydrogen-bond donors (Lipinski definition) is 0. The second kappa shape index (κ2) is 11.1. The van der Waals surface area contributed by atoms with E-state index in [4.69, 9.17) is 5.26 Å². The Labute approximate surface area is 107 Å². The highest BCUT2D eigenvalue weighted by atomic mass is 14.7. The van der Waals surface area contributed by atoms with Crippen LogP contribution in [0.3, 0.4) is 0 Å². The van der Waals surface area contributed by atoms with Gasteiger partial charge in [0.15, 0.2) is 0 Å². The fourth-order valence-corrected chi connectivity index (χ4v) is 1.38. The molecule has 0 N–H and O–H groups in total. The Morgan fingerprint density at radius 2 is 1.76 bits per heavy atom. The van der Waals surface area contributed by atoms with Gasteiger partial charge in [-0.25, -0.2) is 0 Å². The first-order chi connectivity index (χ1) is 8.19. The molecule has 1 aliphatic rings. The average molecular weight is 234 g/mol. The lowest BCUT2D eigenvalue weighted by Crippen LogP contribution is -2.03. The Morgan fingerprint density at radius 1 is 1.24 bits per heavy atom. The molecule has 0 saturated heterocycles. The number of hydrogen-bond acceptors (Lipinski definition) is 2. The van der Waals surface area contributed by atoms with Crippen molar-refractivity contribution in [2.75, 3.05) is 7.05 Å². The zero-order valence-corrected chi connectivity index (χ0v) is 12.4. The summed E-state index contributed by atoms with van der Waals surface area (Å²) in [4.78, 5) is 4.12. The first-order valence-electron chi connectivity index (χ1n) is 6.43. The Hall–Kier alpha value is -1.36. The standard InChI is InChI=1S/C11H14N2.2C2H6/c1-8-4-5-10(9(2)13-3)6-11(8)7-12;2*1-2/h6H,4-5H2,1-3H3;2*1-2H3. The first kappa shape index (κ1) is 18.0. The van der Waals surface area contributed by atoms with E-state index in [0.29, 0.717) is 0 Å². The SMILES string of the molecule is CC.CC.CN=C(C)C1=CC(C#N)=C(C)CC1. The fourth-order valence-electron chi connectivity index (χ4n) is 1.38. The van der Waals surface area contributed by atoms with Gasteiger partial charge in [-0.15, -0.1) is 0 Å². The summed E-state index contributed by atoms with van der Waals surface area (Å²) in [6.07, 6.45) is 3.96. The Morgan fingerprint density at radius 3 is 2.18 bits per heavy atom. The first-order valence-corrected chi connectivity index (χ1v) is 6.43. The highest BCUT2D eigenvalue weighted by molar-refractivity contribution is 5.99. The molecule has 0 radical (unpaired) electrons. The molecule has 0 amide bonds. The summed E-state index contributed by atoms with van der Waals surface area (Å²) in [7, 11) is 1.79. The van der Waals surface area contributed by atoms with E-state index in [2.05, 4.69) is 11.1 Å². The lowest BCUT2D eigenvalue weighted by molar-refractivity contribution is 0.924. The van der Waals surface area contributed by atoms with Gasteiger partial charge in [-0.1, -0.05) is 33.3 Å². The fraction of sp³-hybridized carbons (Fsp3) is 0.600. The van der Waals surface area contributed by atoms with Gasteiger partial charge in [0.2, 0.25) is 0 Å². The monoisotopic (exact) mass is 234 g/mol. The maximum absolute atomic E-state index is 8.84. The maximum atomic E-state index is 8.84. The van der Waals surface area contributed by atoms with Crippen molar-refractivity contribution in [1.29, 1.82) is 5.26 Å². The maximum Gasteiger partial charge on any atom is 0.0991 e. The van der Waals surface area contributed by atoms with Crippen LogP contribution in [0.15, 0.2) is 27.8 Å². The molecule has 0 aromatic rings. The van der Waals surface area contributed by atoms with Gasteiger partial charge in [0.1, 0.15) is 0 Å². The van der Waals surface area contributed by atoms with Crippen LogP contribution in [0.2, 0.25) is 0 Å². The van der Waals surface area contributed by atoms with Crippen LogP contribution in [0.1, 0.15) is 54.4 Å². The molecule has 0 aromatic carbocycles. The van der Waals surface area contributed by atoms with Crippen molar-refractivity contribution in [2.45, 2.75) is 54.4 Å². The van der Waals surface area contributed by atoms with Crippen LogP contribution in [0.4, 0.5) is 0 Å². The lowest BCUT2D eigenvalue weighted by Gasteiger charge is -2.13. The van der Waals surface area contributed by atoms with E-state index in [1.165, 1.54) is 11.1 Å². The topological polar surface area (TPSA) is 36.1 Å². The van der Waals surface area contributed by atoms with E-state index in [1.807, 2.05) is 47.6 Å². The number of rotatable bonds is 1. The predicted molar refractivity (Wildman–Crippen MR) is 77.4 cm³/mol. The number of nitrogens with zero attached hydrogens (tertiary/aromatic N) is 2. The van der Waals surface area contributed by atoms with Crippen LogP contribution >= 0.6 is 0 Å². The third-order valence-electron chi connectivity index (χ3n) is 2.47. The van der Waals surface area contributed by atoms with Crippen molar-refractivity contribution in [3.8, 4) is 6.07 Å². The molecule has 0 heterocycles. The molecule has 17 heavy (non-hydrogen) atoms. The molecule has 1 aliphatic carbocycles. The quantitative estimate of drug-likeness (QED) is 0.606. The second-order valence-electron chi connectivity index (χ2n) is 3.28. The summed E-state index contributed by atoms with van der Waals surface area (Å²) < 4.78 is 0. The minimum Gasteiger partial charge on any atom is -0.293 e. The molecule has 0 atom stereocenters. The minimum atomic E-state index is 0.809. The van der Waals surface area contributed by atoms with Gasteiger partial charge in [-0.05, 0) is 38.3 Å². The van der Waals surface area contributed by atoms with Gasteiger partial charge in [-0.2, -0.15) is 5.26 Å². The van der Waals surface area contributed by atoms with E-state index in [0.717, 1.165) is 24.1 Å². The lowest BCUT2D eigenvalue weighted by atomic mass is 9.92. The number of allylic oxidation sites excluding steroid dienone is 4. The van der Waals surface area contributed by atoms with Crippen molar-refractivity contribution in [3.05, 3.63) is 22.8 Å². The minimum absolute atomic E-state index is 0.809. The average Bonchev–Trinajstić information content (AvgIpc) is 2.43. The zero-order valence-electron chi connectivity index (χ0n) is 12.4. The van der Waals surface area contributed by atoms with Gasteiger partial charge in [-0.3, -0.25) is 4.99 Å². The summed E-state index contributed by atoms with van der Waals surface area (Å²) >= 11 is 0. The molecule has 0 spiro atoms. The molecule has 0 aromatic heterocycles. The molecule has 0 bridgehead atoms. The van der Waals surface area contributed by atoms with Gasteiger partial charge in [0.25, 0.3) is 0 Å². The Bertz CT molecular complexity index is 338. The summed E-state index contributed by atoms with van der Waals surface area (Å²) in [5.41, 5.74) is 4.24. The summed E-state index contributed by atoms with van der Waals surface area (Å²) in [5.74, 6) is 0. The highest BCUT2D eigenvalue weighted by Gasteiger charge is 2.11. The molecule has 96 valence electrons. The van der Waals surface area contributed by atoms with Crippen LogP contribution < -0.4 is 0 Å². The van der Waals surface area contributed by atoms with Crippen LogP contribution in [-0.2, 0) is 0 Å². The van der Waals surface area contributed by atoms with Crippen LogP contribution in [0, 0.1) is 11.3 Å². The smallest absolute Gasteiger partial charge is 0.0991 e. The van der Waals surface area contributed by atoms with Crippen molar-refractivity contribution >= 4 is 5.71 Å². The van der Waals surface area contributed by atoms with Crippen molar-refractivity contribution in [1.82, 2.24) is 0 Å². The highest BCUT2D eigenvalue weighted by Crippen LogP contribution is 2.23. The van der Waals surface area contributed by atoms with Crippen LogP contribution in [0.5, 0.6) is 0 Å². The van der Waals surface area contributed by atoms with E-state index in [-0.39, 0.29) is 0 Å². The van der Waals surface area contributed by atoms with Gasteiger partial charge < -0.3 is 0 Å². The molecule has 1 rings (SSSR count). The molecule has 0 aliphatic heterocycles. The molecule has 0 unspecified atom stereocenters. The normalized spacial score (nSPS) is 14.7. The van der Waals surface area contributed by atoms with E-state index >= 15 is 0 Å². The summed E-state index contributed by atoms with van der Waals surface area (Å²) in [6.45, 7) is 12.0. The Kier molecular flexibility index (Phi) is 11.8. The third-order valence-corrected chi connectivity index (χ3v) is 2.47. The van der Waals surface area contributed by atoms with E-state index < -0.39 is 0 Å². The van der Waals surface area contributed by atoms with Crippen molar-refractivity contribution in [3.63, 3.8) is 0 Å². The van der Waals surface area contributed by atoms with Gasteiger partial charge >= 0.3 is 0 Å². The number of nitriles is 1. The molecule has 2 nitrogen and oxygen atoms in total. The second-order valence-corrected chi connectivity index (χ2v) is 3.28. The summed E-state index contributed by atoms with van der Waals surface area (Å²) in [5, 5.41) is 8.84. The van der Waals surface area contributed by atoms with Crippen LogP contribution in [0.25, 0.3) is 0 Å². The molecule has 2 heteroatoms. The third kappa shape index (κ3) is 6.06. The largest absolute Gasteiger partial charge is 0.293 e. The molecule has 0 saturated carbocycles. The molecular formula is C15H26N2. The van der Waals surface area contributed by atoms with Gasteiger partial charge in [0, 0.05) is 12.8 Å².